The summed E-state index contributed by atoms with van der Waals surface area (Å²) >= 11 is 0. The summed E-state index contributed by atoms with van der Waals surface area (Å²) in [7, 11) is -3.94. The first-order valence-electron chi connectivity index (χ1n) is 8.86. The molecule has 0 fully saturated rings. The highest BCUT2D eigenvalue weighted by Gasteiger charge is 2.32. The Bertz CT molecular complexity index is 1070. The van der Waals surface area contributed by atoms with Crippen molar-refractivity contribution in [2.75, 3.05) is 13.2 Å². The largest absolute Gasteiger partial charge is 0.484 e. The maximum Gasteiger partial charge on any atom is 0.257 e. The Balaban J connectivity index is 1.74. The van der Waals surface area contributed by atoms with Crippen LogP contribution in [-0.2, 0) is 14.6 Å². The molecule has 0 saturated carbocycles. The lowest BCUT2D eigenvalue weighted by molar-refractivity contribution is -0.123. The Kier molecular flexibility index (Phi) is 6.33. The van der Waals surface area contributed by atoms with Crippen molar-refractivity contribution >= 4 is 15.7 Å². The van der Waals surface area contributed by atoms with E-state index in [1.54, 1.807) is 30.3 Å². The third kappa shape index (κ3) is 5.03. The smallest absolute Gasteiger partial charge is 0.257 e. The first-order chi connectivity index (χ1) is 13.9. The molecular weight excluding hydrogens is 397 g/mol. The Morgan fingerprint density at radius 3 is 2.55 bits per heavy atom. The fourth-order valence-corrected chi connectivity index (χ4v) is 4.39. The van der Waals surface area contributed by atoms with E-state index in [1.165, 1.54) is 31.4 Å². The lowest BCUT2D eigenvalue weighted by atomic mass is 10.2. The maximum absolute atomic E-state index is 13.6. The number of carbonyl (C=O) groups excluding carboxylic acids is 1. The number of hydrogen-bond donors (Lipinski definition) is 1. The predicted octanol–water partition coefficient (Wildman–Crippen LogP) is 3.44. The number of nitrogens with one attached hydrogen (secondary N) is 1. The minimum absolute atomic E-state index is 0.0485. The average Bonchev–Trinajstić information content (AvgIpc) is 3.23. The van der Waals surface area contributed by atoms with Gasteiger partial charge in [0.05, 0.1) is 11.2 Å². The number of furan rings is 1. The second-order valence-corrected chi connectivity index (χ2v) is 8.50. The fourth-order valence-electron chi connectivity index (χ4n) is 2.72. The zero-order valence-corrected chi connectivity index (χ0v) is 16.5. The monoisotopic (exact) mass is 417 g/mol. The summed E-state index contributed by atoms with van der Waals surface area (Å²) in [4.78, 5) is 12.1. The first-order valence-corrected chi connectivity index (χ1v) is 10.4. The fraction of sp³-hybridized carbons (Fsp3) is 0.190. The maximum atomic E-state index is 13.6. The first kappa shape index (κ1) is 20.6. The number of ether oxygens (including phenoxy) is 1. The van der Waals surface area contributed by atoms with Gasteiger partial charge in [-0.25, -0.2) is 12.8 Å². The normalized spacial score (nSPS) is 12.3. The molecule has 29 heavy (non-hydrogen) atoms. The third-order valence-corrected chi connectivity index (χ3v) is 6.35. The van der Waals surface area contributed by atoms with Gasteiger partial charge in [-0.3, -0.25) is 4.79 Å². The van der Waals surface area contributed by atoms with Gasteiger partial charge in [0.1, 0.15) is 22.6 Å². The summed E-state index contributed by atoms with van der Waals surface area (Å²) in [6, 6.07) is 15.4. The highest BCUT2D eigenvalue weighted by Crippen LogP contribution is 2.29. The number of rotatable bonds is 8. The van der Waals surface area contributed by atoms with Crippen molar-refractivity contribution in [2.24, 2.45) is 0 Å². The Morgan fingerprint density at radius 1 is 1.14 bits per heavy atom. The number of benzene rings is 2. The van der Waals surface area contributed by atoms with Crippen LogP contribution in [-0.4, -0.2) is 27.5 Å². The predicted molar refractivity (Wildman–Crippen MR) is 105 cm³/mol. The van der Waals surface area contributed by atoms with E-state index in [0.29, 0.717) is 5.75 Å². The van der Waals surface area contributed by atoms with Gasteiger partial charge in [0.2, 0.25) is 0 Å². The molecule has 1 heterocycles. The van der Waals surface area contributed by atoms with Gasteiger partial charge in [-0.05, 0) is 55.0 Å². The van der Waals surface area contributed by atoms with Crippen LogP contribution >= 0.6 is 0 Å². The number of carbonyl (C=O) groups is 1. The molecule has 1 aromatic heterocycles. The molecule has 1 atom stereocenters. The molecule has 2 aromatic carbocycles. The molecule has 8 heteroatoms. The summed E-state index contributed by atoms with van der Waals surface area (Å²) < 4.78 is 50.4. The zero-order chi connectivity index (χ0) is 20.9. The van der Waals surface area contributed by atoms with E-state index < -0.39 is 26.8 Å². The number of sulfone groups is 1. The van der Waals surface area contributed by atoms with Gasteiger partial charge >= 0.3 is 0 Å². The van der Waals surface area contributed by atoms with Crippen molar-refractivity contribution in [3.63, 3.8) is 0 Å². The zero-order valence-electron chi connectivity index (χ0n) is 15.7. The van der Waals surface area contributed by atoms with E-state index in [1.807, 2.05) is 6.07 Å². The van der Waals surface area contributed by atoms with Crippen molar-refractivity contribution in [2.45, 2.75) is 17.1 Å². The van der Waals surface area contributed by atoms with Crippen LogP contribution in [0, 0.1) is 12.7 Å². The summed E-state index contributed by atoms with van der Waals surface area (Å²) in [5.74, 6) is -0.267. The van der Waals surface area contributed by atoms with E-state index in [4.69, 9.17) is 9.15 Å². The van der Waals surface area contributed by atoms with Crippen molar-refractivity contribution in [3.8, 4) is 5.75 Å². The van der Waals surface area contributed by atoms with Gasteiger partial charge in [0.25, 0.3) is 5.91 Å². The van der Waals surface area contributed by atoms with E-state index in [0.717, 1.165) is 6.07 Å². The van der Waals surface area contributed by atoms with E-state index in [-0.39, 0.29) is 29.4 Å². The highest BCUT2D eigenvalue weighted by molar-refractivity contribution is 7.91. The molecule has 3 aromatic rings. The molecule has 0 aliphatic carbocycles. The minimum atomic E-state index is -3.94. The van der Waals surface area contributed by atoms with Crippen LogP contribution in [0.25, 0.3) is 0 Å². The lowest BCUT2D eigenvalue weighted by Gasteiger charge is -2.17. The van der Waals surface area contributed by atoms with Gasteiger partial charge in [0, 0.05) is 6.54 Å². The molecule has 0 aliphatic heterocycles. The molecule has 1 N–H and O–H groups in total. The quantitative estimate of drug-likeness (QED) is 0.568. The molecule has 3 rings (SSSR count). The van der Waals surface area contributed by atoms with Crippen LogP contribution in [0.3, 0.4) is 0 Å². The summed E-state index contributed by atoms with van der Waals surface area (Å²) in [5.41, 5.74) is 0.213. The van der Waals surface area contributed by atoms with Gasteiger partial charge in [-0.1, -0.05) is 18.2 Å². The summed E-state index contributed by atoms with van der Waals surface area (Å²) in [6.07, 6.45) is 1.36. The van der Waals surface area contributed by atoms with Crippen LogP contribution < -0.4 is 10.1 Å². The molecule has 152 valence electrons. The number of aryl methyl sites for hydroxylation is 1. The highest BCUT2D eigenvalue weighted by atomic mass is 32.2. The Hall–Kier alpha value is -3.13. The van der Waals surface area contributed by atoms with E-state index in [9.17, 15) is 17.6 Å². The van der Waals surface area contributed by atoms with Gasteiger partial charge in [-0.2, -0.15) is 0 Å². The molecule has 0 bridgehead atoms. The number of halogens is 1. The van der Waals surface area contributed by atoms with Gasteiger partial charge < -0.3 is 14.5 Å². The second kappa shape index (κ2) is 8.91. The Morgan fingerprint density at radius 2 is 1.90 bits per heavy atom. The topological polar surface area (TPSA) is 85.6 Å². The van der Waals surface area contributed by atoms with Crippen molar-refractivity contribution in [3.05, 3.63) is 84.1 Å². The van der Waals surface area contributed by atoms with Crippen LogP contribution in [0.4, 0.5) is 4.39 Å². The minimum Gasteiger partial charge on any atom is -0.484 e. The van der Waals surface area contributed by atoms with E-state index in [2.05, 4.69) is 5.32 Å². The molecule has 0 unspecified atom stereocenters. The van der Waals surface area contributed by atoms with Crippen LogP contribution in [0.2, 0.25) is 0 Å². The molecule has 0 radical (unpaired) electrons. The summed E-state index contributed by atoms with van der Waals surface area (Å²) in [5, 5.41) is 1.40. The third-order valence-electron chi connectivity index (χ3n) is 4.29. The average molecular weight is 417 g/mol. The molecule has 0 aliphatic rings. The number of para-hydroxylation sites is 1. The number of amides is 1. The van der Waals surface area contributed by atoms with Gasteiger partial charge in [0.15, 0.2) is 16.4 Å². The van der Waals surface area contributed by atoms with Crippen LogP contribution in [0.15, 0.2) is 76.2 Å². The standard InChI is InChI=1S/C21H20FNO5S/c1-15-12-17(9-10-18(15)22)29(25,26)20(19-8-5-11-27-19)13-23-21(24)14-28-16-6-3-2-4-7-16/h2-12,20H,13-14H2,1H3,(H,23,24)/t20-/m1/s1. The second-order valence-electron chi connectivity index (χ2n) is 6.37. The van der Waals surface area contributed by atoms with E-state index >= 15 is 0 Å². The number of hydrogen-bond acceptors (Lipinski definition) is 5. The van der Waals surface area contributed by atoms with Crippen molar-refractivity contribution < 1.29 is 26.8 Å². The molecule has 6 nitrogen and oxygen atoms in total. The molecule has 0 saturated heterocycles. The van der Waals surface area contributed by atoms with Gasteiger partial charge in [-0.15, -0.1) is 0 Å². The van der Waals surface area contributed by atoms with Crippen LogP contribution in [0.1, 0.15) is 16.6 Å². The van der Waals surface area contributed by atoms with Crippen molar-refractivity contribution in [1.29, 1.82) is 0 Å². The molecule has 1 amide bonds. The molecular formula is C21H20FNO5S. The molecule has 0 spiro atoms. The lowest BCUT2D eigenvalue weighted by Crippen LogP contribution is -2.34. The summed E-state index contributed by atoms with van der Waals surface area (Å²) in [6.45, 7) is 1.01. The van der Waals surface area contributed by atoms with Crippen LogP contribution in [0.5, 0.6) is 5.75 Å². The SMILES string of the molecule is Cc1cc(S(=O)(=O)[C@H](CNC(=O)COc2ccccc2)c2ccco2)ccc1F. The van der Waals surface area contributed by atoms with Crippen molar-refractivity contribution in [1.82, 2.24) is 5.32 Å². The Labute approximate surface area is 168 Å².